The highest BCUT2D eigenvalue weighted by atomic mass is 16.4. The monoisotopic (exact) mass is 156 g/mol. The number of nitrogen functional groups attached to an aromatic ring is 1. The third-order valence-corrected chi connectivity index (χ3v) is 0.513. The number of hydrogen-bond acceptors (Lipinski definition) is 5. The summed E-state index contributed by atoms with van der Waals surface area (Å²) in [6.07, 6.45) is 2.70. The van der Waals surface area contributed by atoms with Crippen molar-refractivity contribution in [3.8, 4) is 0 Å². The van der Waals surface area contributed by atoms with Crippen LogP contribution in [0.2, 0.25) is 0 Å². The number of aliphatic carboxylic acids is 1. The largest absolute Gasteiger partial charge is 0.481 e. The lowest BCUT2D eigenvalue weighted by molar-refractivity contribution is -0.134. The SMILES string of the molecule is CC(=O)O.Nc1ncncn1. The first kappa shape index (κ1) is 9.28. The molecular formula is C5H8N4O2. The fraction of sp³-hybridized carbons (Fsp3) is 0.200. The van der Waals surface area contributed by atoms with Crippen LogP contribution >= 0.6 is 0 Å². The Labute approximate surface area is 63.1 Å². The molecule has 1 aromatic heterocycles. The highest BCUT2D eigenvalue weighted by Gasteiger charge is 1.76. The van der Waals surface area contributed by atoms with E-state index in [-0.39, 0.29) is 5.95 Å². The minimum Gasteiger partial charge on any atom is -0.481 e. The summed E-state index contributed by atoms with van der Waals surface area (Å²) in [4.78, 5) is 19.6. The molecule has 0 saturated heterocycles. The predicted molar refractivity (Wildman–Crippen MR) is 37.5 cm³/mol. The molecule has 0 aliphatic heterocycles. The predicted octanol–water partition coefficient (Wildman–Crippen LogP) is -0.455. The van der Waals surface area contributed by atoms with Crippen molar-refractivity contribution in [2.75, 3.05) is 5.73 Å². The Kier molecular flexibility index (Phi) is 4.30. The molecule has 60 valence electrons. The molecular weight excluding hydrogens is 148 g/mol. The van der Waals surface area contributed by atoms with Crippen molar-refractivity contribution < 1.29 is 9.90 Å². The lowest BCUT2D eigenvalue weighted by Gasteiger charge is -1.81. The highest BCUT2D eigenvalue weighted by molar-refractivity contribution is 5.62. The highest BCUT2D eigenvalue weighted by Crippen LogP contribution is 1.77. The fourth-order valence-corrected chi connectivity index (χ4v) is 0.248. The second-order valence-corrected chi connectivity index (χ2v) is 1.52. The maximum absolute atomic E-state index is 9.00. The summed E-state index contributed by atoms with van der Waals surface area (Å²) in [5, 5.41) is 7.42. The summed E-state index contributed by atoms with van der Waals surface area (Å²) >= 11 is 0. The molecule has 1 heterocycles. The third-order valence-electron chi connectivity index (χ3n) is 0.513. The maximum Gasteiger partial charge on any atom is 0.300 e. The lowest BCUT2D eigenvalue weighted by atomic mass is 10.9. The number of hydrogen-bond donors (Lipinski definition) is 2. The van der Waals surface area contributed by atoms with Crippen molar-refractivity contribution in [2.24, 2.45) is 0 Å². The van der Waals surface area contributed by atoms with Crippen molar-refractivity contribution in [2.45, 2.75) is 6.92 Å². The summed E-state index contributed by atoms with van der Waals surface area (Å²) in [6.45, 7) is 1.08. The van der Waals surface area contributed by atoms with Crippen molar-refractivity contribution >= 4 is 11.9 Å². The fourth-order valence-electron chi connectivity index (χ4n) is 0.248. The van der Waals surface area contributed by atoms with Gasteiger partial charge in [-0.15, -0.1) is 0 Å². The van der Waals surface area contributed by atoms with Crippen LogP contribution in [0.3, 0.4) is 0 Å². The van der Waals surface area contributed by atoms with Crippen LogP contribution < -0.4 is 5.73 Å². The van der Waals surface area contributed by atoms with E-state index in [9.17, 15) is 0 Å². The van der Waals surface area contributed by atoms with Gasteiger partial charge < -0.3 is 10.8 Å². The van der Waals surface area contributed by atoms with Crippen LogP contribution in [0.1, 0.15) is 6.92 Å². The standard InChI is InChI=1S/C3H4N4.C2H4O2/c4-3-6-1-5-2-7-3;1-2(3)4/h1-2H,(H2,4,5,6,7);1H3,(H,3,4). The van der Waals surface area contributed by atoms with E-state index in [4.69, 9.17) is 15.6 Å². The minimum absolute atomic E-state index is 0.259. The number of rotatable bonds is 0. The molecule has 6 nitrogen and oxygen atoms in total. The average molecular weight is 156 g/mol. The first-order valence-electron chi connectivity index (χ1n) is 2.70. The zero-order valence-corrected chi connectivity index (χ0v) is 5.93. The number of carboxylic acids is 1. The number of aromatic nitrogens is 3. The van der Waals surface area contributed by atoms with Crippen LogP contribution in [-0.4, -0.2) is 26.0 Å². The normalized spacial score (nSPS) is 7.73. The molecule has 0 amide bonds. The number of nitrogens with zero attached hydrogens (tertiary/aromatic N) is 3. The zero-order valence-electron chi connectivity index (χ0n) is 5.93. The van der Waals surface area contributed by atoms with Gasteiger partial charge in [-0.1, -0.05) is 0 Å². The van der Waals surface area contributed by atoms with Crippen LogP contribution in [0.5, 0.6) is 0 Å². The number of anilines is 1. The molecule has 0 aromatic carbocycles. The summed E-state index contributed by atoms with van der Waals surface area (Å²) in [7, 11) is 0. The van der Waals surface area contributed by atoms with Gasteiger partial charge in [-0.25, -0.2) is 15.0 Å². The molecule has 0 radical (unpaired) electrons. The lowest BCUT2D eigenvalue weighted by Crippen LogP contribution is -1.92. The second-order valence-electron chi connectivity index (χ2n) is 1.52. The molecule has 0 aliphatic rings. The summed E-state index contributed by atoms with van der Waals surface area (Å²) in [6, 6.07) is 0. The summed E-state index contributed by atoms with van der Waals surface area (Å²) < 4.78 is 0. The zero-order chi connectivity index (χ0) is 8.69. The van der Waals surface area contributed by atoms with Crippen LogP contribution in [0, 0.1) is 0 Å². The molecule has 11 heavy (non-hydrogen) atoms. The van der Waals surface area contributed by atoms with Crippen LogP contribution in [-0.2, 0) is 4.79 Å². The quantitative estimate of drug-likeness (QED) is 0.527. The van der Waals surface area contributed by atoms with E-state index in [1.54, 1.807) is 0 Å². The first-order chi connectivity index (χ1) is 5.13. The third kappa shape index (κ3) is 8.28. The minimum atomic E-state index is -0.833. The molecule has 0 fully saturated rings. The summed E-state index contributed by atoms with van der Waals surface area (Å²) in [5.74, 6) is -0.574. The van der Waals surface area contributed by atoms with Gasteiger partial charge in [0, 0.05) is 6.92 Å². The van der Waals surface area contributed by atoms with Crippen molar-refractivity contribution in [1.29, 1.82) is 0 Å². The molecule has 6 heteroatoms. The van der Waals surface area contributed by atoms with Gasteiger partial charge in [0.15, 0.2) is 0 Å². The van der Waals surface area contributed by atoms with Gasteiger partial charge in [0.2, 0.25) is 5.95 Å². The topological polar surface area (TPSA) is 102 Å². The van der Waals surface area contributed by atoms with E-state index in [1.165, 1.54) is 12.7 Å². The Hall–Kier alpha value is -1.72. The van der Waals surface area contributed by atoms with Crippen LogP contribution in [0.25, 0.3) is 0 Å². The van der Waals surface area contributed by atoms with E-state index in [1.807, 2.05) is 0 Å². The molecule has 0 aliphatic carbocycles. The Morgan fingerprint density at radius 3 is 2.09 bits per heavy atom. The molecule has 0 bridgehead atoms. The van der Waals surface area contributed by atoms with Crippen molar-refractivity contribution in [3.63, 3.8) is 0 Å². The Balaban J connectivity index is 0.000000218. The molecule has 0 saturated carbocycles. The van der Waals surface area contributed by atoms with Gasteiger partial charge in [0.05, 0.1) is 0 Å². The maximum atomic E-state index is 9.00. The van der Waals surface area contributed by atoms with E-state index in [2.05, 4.69) is 15.0 Å². The van der Waals surface area contributed by atoms with Gasteiger partial charge in [-0.2, -0.15) is 0 Å². The Morgan fingerprint density at radius 1 is 1.55 bits per heavy atom. The first-order valence-corrected chi connectivity index (χ1v) is 2.70. The second kappa shape index (κ2) is 5.10. The van der Waals surface area contributed by atoms with Crippen LogP contribution in [0.15, 0.2) is 12.7 Å². The van der Waals surface area contributed by atoms with E-state index in [0.717, 1.165) is 6.92 Å². The molecule has 1 rings (SSSR count). The Bertz CT molecular complexity index is 209. The van der Waals surface area contributed by atoms with E-state index >= 15 is 0 Å². The molecule has 1 aromatic rings. The average Bonchev–Trinajstić information content (AvgIpc) is 1.87. The van der Waals surface area contributed by atoms with Gasteiger partial charge in [-0.3, -0.25) is 4.79 Å². The molecule has 0 spiro atoms. The Morgan fingerprint density at radius 2 is 1.91 bits per heavy atom. The molecule has 0 unspecified atom stereocenters. The van der Waals surface area contributed by atoms with E-state index < -0.39 is 5.97 Å². The smallest absolute Gasteiger partial charge is 0.300 e. The van der Waals surface area contributed by atoms with Crippen LogP contribution in [0.4, 0.5) is 5.95 Å². The van der Waals surface area contributed by atoms with Gasteiger partial charge >= 0.3 is 0 Å². The van der Waals surface area contributed by atoms with Gasteiger partial charge in [0.25, 0.3) is 5.97 Å². The van der Waals surface area contributed by atoms with Gasteiger partial charge in [-0.05, 0) is 0 Å². The van der Waals surface area contributed by atoms with Crippen molar-refractivity contribution in [1.82, 2.24) is 15.0 Å². The van der Waals surface area contributed by atoms with Gasteiger partial charge in [0.1, 0.15) is 12.7 Å². The number of carbonyl (C=O) groups is 1. The van der Waals surface area contributed by atoms with E-state index in [0.29, 0.717) is 0 Å². The molecule has 3 N–H and O–H groups in total. The molecule has 0 atom stereocenters. The van der Waals surface area contributed by atoms with Crippen molar-refractivity contribution in [3.05, 3.63) is 12.7 Å². The number of carboxylic acid groups (broad SMARTS) is 1. The summed E-state index contributed by atoms with van der Waals surface area (Å²) in [5.41, 5.74) is 5.10. The number of nitrogens with two attached hydrogens (primary N) is 1.